The molecule has 50 valence electrons. The molecule has 0 aliphatic heterocycles. The topological polar surface area (TPSA) is 36.2 Å². The highest BCUT2D eigenvalue weighted by Crippen LogP contribution is 2.04. The van der Waals surface area contributed by atoms with Gasteiger partial charge in [-0.05, 0) is 38.8 Å². The minimum atomic E-state index is 0.265. The van der Waals surface area contributed by atoms with Crippen LogP contribution in [-0.4, -0.2) is 10.8 Å². The van der Waals surface area contributed by atoms with Gasteiger partial charge in [-0.3, -0.25) is 5.41 Å². The number of nitrogens with zero attached hydrogens (tertiary/aromatic N) is 1. The minimum absolute atomic E-state index is 0.265. The molecule has 0 aromatic rings. The number of hydrogen-bond acceptors (Lipinski definition) is 2. The van der Waals surface area contributed by atoms with Gasteiger partial charge in [-0.25, -0.2) is 4.99 Å². The highest BCUT2D eigenvalue weighted by Gasteiger charge is 1.81. The minimum Gasteiger partial charge on any atom is -0.292 e. The van der Waals surface area contributed by atoms with Crippen LogP contribution in [0.15, 0.2) is 15.7 Å². The second-order valence-electron chi connectivity index (χ2n) is 1.22. The largest absolute Gasteiger partial charge is 0.292 e. The van der Waals surface area contributed by atoms with Crippen LogP contribution in [0.5, 0.6) is 0 Å². The van der Waals surface area contributed by atoms with Crippen LogP contribution in [-0.2, 0) is 0 Å². The Morgan fingerprint density at radius 1 is 1.56 bits per heavy atom. The van der Waals surface area contributed by atoms with E-state index in [1.807, 2.05) is 6.92 Å². The molecule has 0 rings (SSSR count). The lowest BCUT2D eigenvalue weighted by molar-refractivity contribution is 1.51. The average Bonchev–Trinajstić information content (AvgIpc) is 1.83. The molecule has 9 heavy (non-hydrogen) atoms. The lowest BCUT2D eigenvalue weighted by Gasteiger charge is -1.82. The number of nitrogens with one attached hydrogen (secondary N) is 1. The van der Waals surface area contributed by atoms with Crippen molar-refractivity contribution in [2.45, 2.75) is 6.92 Å². The van der Waals surface area contributed by atoms with Gasteiger partial charge in [0.2, 0.25) is 0 Å². The molecule has 1 N–H and O–H groups in total. The molecule has 0 radical (unpaired) electrons. The van der Waals surface area contributed by atoms with Gasteiger partial charge >= 0.3 is 0 Å². The molecule has 0 aliphatic rings. The molecule has 4 heteroatoms. The average molecular weight is 254 g/mol. The summed E-state index contributed by atoms with van der Waals surface area (Å²) < 4.78 is 0.994. The maximum atomic E-state index is 6.88. The highest BCUT2D eigenvalue weighted by atomic mass is 79.9. The smallest absolute Gasteiger partial charge is 0.115 e. The maximum Gasteiger partial charge on any atom is 0.115 e. The van der Waals surface area contributed by atoms with Gasteiger partial charge in [-0.2, -0.15) is 0 Å². The van der Waals surface area contributed by atoms with E-state index in [1.165, 1.54) is 6.21 Å². The van der Waals surface area contributed by atoms with Crippen molar-refractivity contribution in [2.24, 2.45) is 4.99 Å². The Balaban J connectivity index is 3.86. The Kier molecular flexibility index (Phi) is 4.90. The summed E-state index contributed by atoms with van der Waals surface area (Å²) in [6.45, 7) is 1.86. The SMILES string of the molecule is C/C=C(Br)\N=C/C(=N)Br. The van der Waals surface area contributed by atoms with Crippen LogP contribution in [0.4, 0.5) is 0 Å². The van der Waals surface area contributed by atoms with Crippen LogP contribution in [0.2, 0.25) is 0 Å². The number of hydrogen-bond donors (Lipinski definition) is 1. The second kappa shape index (κ2) is 4.88. The van der Waals surface area contributed by atoms with E-state index in [-0.39, 0.29) is 4.62 Å². The van der Waals surface area contributed by atoms with Crippen molar-refractivity contribution in [3.63, 3.8) is 0 Å². The molecule has 0 unspecified atom stereocenters. The van der Waals surface area contributed by atoms with E-state index in [2.05, 4.69) is 36.9 Å². The van der Waals surface area contributed by atoms with Crippen molar-refractivity contribution in [3.05, 3.63) is 10.7 Å². The van der Waals surface area contributed by atoms with E-state index >= 15 is 0 Å². The molecule has 0 bridgehead atoms. The van der Waals surface area contributed by atoms with Crippen molar-refractivity contribution in [3.8, 4) is 0 Å². The van der Waals surface area contributed by atoms with Gasteiger partial charge in [0.25, 0.3) is 0 Å². The molecule has 0 amide bonds. The van der Waals surface area contributed by atoms with Crippen LogP contribution in [0, 0.1) is 5.41 Å². The molecular formula is C5H6Br2N2. The first-order chi connectivity index (χ1) is 4.16. The molecule has 0 spiro atoms. The van der Waals surface area contributed by atoms with Gasteiger partial charge in [0.05, 0.1) is 6.21 Å². The Labute approximate surface area is 70.8 Å². The van der Waals surface area contributed by atoms with Crippen molar-refractivity contribution in [1.29, 1.82) is 5.41 Å². The number of rotatable bonds is 2. The van der Waals surface area contributed by atoms with E-state index in [0.717, 1.165) is 4.61 Å². The summed E-state index contributed by atoms with van der Waals surface area (Å²) in [6.07, 6.45) is 3.20. The quantitative estimate of drug-likeness (QED) is 0.581. The Hall–Kier alpha value is 0.0400. The van der Waals surface area contributed by atoms with Gasteiger partial charge in [0, 0.05) is 0 Å². The molecule has 0 saturated carbocycles. The molecule has 0 aliphatic carbocycles. The first-order valence-corrected chi connectivity index (χ1v) is 3.85. The summed E-state index contributed by atoms with van der Waals surface area (Å²) in [7, 11) is 0. The lowest BCUT2D eigenvalue weighted by Crippen LogP contribution is -1.81. The van der Waals surface area contributed by atoms with Crippen molar-refractivity contribution in [2.75, 3.05) is 0 Å². The molecule has 0 aromatic heterocycles. The van der Waals surface area contributed by atoms with E-state index < -0.39 is 0 Å². The van der Waals surface area contributed by atoms with E-state index in [4.69, 9.17) is 5.41 Å². The summed E-state index contributed by atoms with van der Waals surface area (Å²) in [4.78, 5) is 3.82. The third kappa shape index (κ3) is 5.92. The van der Waals surface area contributed by atoms with Gasteiger partial charge < -0.3 is 0 Å². The van der Waals surface area contributed by atoms with E-state index in [1.54, 1.807) is 6.08 Å². The zero-order valence-corrected chi connectivity index (χ0v) is 8.03. The Morgan fingerprint density at radius 3 is 2.44 bits per heavy atom. The molecule has 0 aromatic carbocycles. The first kappa shape index (κ1) is 9.04. The summed E-state index contributed by atoms with van der Waals surface area (Å²) in [5.41, 5.74) is 0. The van der Waals surface area contributed by atoms with Crippen LogP contribution < -0.4 is 0 Å². The predicted octanol–water partition coefficient (Wildman–Crippen LogP) is 2.69. The normalized spacial score (nSPS) is 12.6. The summed E-state index contributed by atoms with van der Waals surface area (Å²) in [5, 5.41) is 6.88. The Morgan fingerprint density at radius 2 is 2.11 bits per heavy atom. The third-order valence-corrected chi connectivity index (χ3v) is 1.41. The van der Waals surface area contributed by atoms with Gasteiger partial charge in [0.1, 0.15) is 9.23 Å². The molecular weight excluding hydrogens is 248 g/mol. The van der Waals surface area contributed by atoms with Gasteiger partial charge in [-0.1, -0.05) is 6.08 Å². The highest BCUT2D eigenvalue weighted by molar-refractivity contribution is 9.19. The fraction of sp³-hybridized carbons (Fsp3) is 0.200. The van der Waals surface area contributed by atoms with Crippen LogP contribution >= 0.6 is 31.9 Å². The standard InChI is InChI=1S/C5H6Br2N2/c1-2-5(7)9-3-4(6)8/h2-3,8H,1H3/b5-2-,8-4?,9-3-. The lowest BCUT2D eigenvalue weighted by atomic mass is 10.7. The number of halogens is 2. The van der Waals surface area contributed by atoms with Crippen LogP contribution in [0.3, 0.4) is 0 Å². The number of aliphatic imine (C=N–C) groups is 1. The van der Waals surface area contributed by atoms with Crippen LogP contribution in [0.25, 0.3) is 0 Å². The fourth-order valence-electron chi connectivity index (χ4n) is 0.193. The van der Waals surface area contributed by atoms with Crippen molar-refractivity contribution in [1.82, 2.24) is 0 Å². The van der Waals surface area contributed by atoms with Crippen molar-refractivity contribution >= 4 is 42.7 Å². The van der Waals surface area contributed by atoms with Crippen molar-refractivity contribution < 1.29 is 0 Å². The maximum absolute atomic E-state index is 6.88. The molecule has 0 saturated heterocycles. The molecule has 2 nitrogen and oxygen atoms in total. The first-order valence-electron chi connectivity index (χ1n) is 2.26. The fourth-order valence-corrected chi connectivity index (χ4v) is 0.398. The Bertz CT molecular complexity index is 160. The molecule has 0 heterocycles. The summed E-state index contributed by atoms with van der Waals surface area (Å²) in [5.74, 6) is 0. The van der Waals surface area contributed by atoms with E-state index in [9.17, 15) is 0 Å². The third-order valence-electron chi connectivity index (χ3n) is 0.539. The summed E-state index contributed by atoms with van der Waals surface area (Å²) in [6, 6.07) is 0. The summed E-state index contributed by atoms with van der Waals surface area (Å²) >= 11 is 6.07. The zero-order valence-electron chi connectivity index (χ0n) is 4.86. The monoisotopic (exact) mass is 252 g/mol. The zero-order chi connectivity index (χ0) is 7.28. The van der Waals surface area contributed by atoms with Gasteiger partial charge in [0.15, 0.2) is 0 Å². The van der Waals surface area contributed by atoms with Gasteiger partial charge in [-0.15, -0.1) is 0 Å². The van der Waals surface area contributed by atoms with E-state index in [0.29, 0.717) is 0 Å². The molecule has 0 atom stereocenters. The predicted molar refractivity (Wildman–Crippen MR) is 47.8 cm³/mol. The molecule has 0 fully saturated rings. The van der Waals surface area contributed by atoms with Crippen LogP contribution in [0.1, 0.15) is 6.92 Å². The number of allylic oxidation sites excluding steroid dienone is 1. The second-order valence-corrected chi connectivity index (χ2v) is 2.88.